The van der Waals surface area contributed by atoms with Crippen LogP contribution in [0.3, 0.4) is 0 Å². The number of para-hydroxylation sites is 4. The second-order valence-electron chi connectivity index (χ2n) is 11.9. The van der Waals surface area contributed by atoms with Crippen LogP contribution in [0.5, 0.6) is 0 Å². The maximum atomic E-state index is 6.17. The maximum absolute atomic E-state index is 6.17. The van der Waals surface area contributed by atoms with Crippen LogP contribution in [0.2, 0.25) is 0 Å². The van der Waals surface area contributed by atoms with Gasteiger partial charge in [0.1, 0.15) is 11.3 Å². The molecule has 1 aliphatic rings. The fraction of sp³-hybridized carbons (Fsp3) is 0.0500. The second-order valence-corrected chi connectivity index (χ2v) is 11.9. The SMILES string of the molecule is c1ccc(-n2c3ccccc3c3cc(-c4ccc5c6ccccc6n(C6NCc7oc8ccccc8c7N6)c5c4)ccc32)cc1. The Bertz CT molecular complexity index is 2590. The smallest absolute Gasteiger partial charge is 0.160 e. The molecule has 0 saturated heterocycles. The molecule has 0 aliphatic carbocycles. The standard InChI is InChI=1S/C40H28N4O/c1-2-10-27(11-3-1)43-33-15-7-5-13-29(33)32-22-25(19-21-35(32)43)26-18-20-30-28-12-4-8-16-34(28)44(36(30)23-26)40-41-24-38-39(42-40)31-14-6-9-17-37(31)45-38/h1-23,40-42H,24H2. The van der Waals surface area contributed by atoms with Crippen LogP contribution in [0.4, 0.5) is 5.69 Å². The first-order chi connectivity index (χ1) is 22.3. The molecule has 1 unspecified atom stereocenters. The Morgan fingerprint density at radius 1 is 0.533 bits per heavy atom. The van der Waals surface area contributed by atoms with Crippen LogP contribution in [0, 0.1) is 0 Å². The monoisotopic (exact) mass is 580 g/mol. The minimum absolute atomic E-state index is 0.137. The third-order valence-corrected chi connectivity index (χ3v) is 9.39. The van der Waals surface area contributed by atoms with Gasteiger partial charge >= 0.3 is 0 Å². The normalized spacial score (nSPS) is 14.9. The first-order valence-electron chi connectivity index (χ1n) is 15.4. The highest BCUT2D eigenvalue weighted by atomic mass is 16.3. The molecule has 6 aromatic carbocycles. The Hall–Kier alpha value is -5.78. The third-order valence-electron chi connectivity index (χ3n) is 9.39. The molecule has 5 heteroatoms. The van der Waals surface area contributed by atoms with Crippen molar-refractivity contribution in [1.29, 1.82) is 0 Å². The minimum Gasteiger partial charge on any atom is -0.457 e. The molecule has 1 aliphatic heterocycles. The van der Waals surface area contributed by atoms with Gasteiger partial charge in [0.2, 0.25) is 0 Å². The van der Waals surface area contributed by atoms with Crippen LogP contribution < -0.4 is 10.6 Å². The summed E-state index contributed by atoms with van der Waals surface area (Å²) >= 11 is 0. The van der Waals surface area contributed by atoms with Crippen LogP contribution in [-0.4, -0.2) is 9.13 Å². The lowest BCUT2D eigenvalue weighted by Gasteiger charge is -2.28. The number of fused-ring (bicyclic) bond motifs is 9. The zero-order valence-corrected chi connectivity index (χ0v) is 24.4. The van der Waals surface area contributed by atoms with E-state index in [9.17, 15) is 0 Å². The molecule has 0 amide bonds. The van der Waals surface area contributed by atoms with E-state index < -0.39 is 0 Å². The van der Waals surface area contributed by atoms with E-state index in [-0.39, 0.29) is 6.29 Å². The molecule has 0 radical (unpaired) electrons. The Balaban J connectivity index is 1.15. The lowest BCUT2D eigenvalue weighted by molar-refractivity contribution is 0.410. The van der Waals surface area contributed by atoms with Gasteiger partial charge in [-0.2, -0.15) is 0 Å². The van der Waals surface area contributed by atoms with Crippen LogP contribution in [-0.2, 0) is 6.54 Å². The van der Waals surface area contributed by atoms with Crippen molar-refractivity contribution < 1.29 is 4.42 Å². The highest BCUT2D eigenvalue weighted by Crippen LogP contribution is 2.40. The van der Waals surface area contributed by atoms with Gasteiger partial charge in [-0.25, -0.2) is 0 Å². The molecule has 214 valence electrons. The lowest BCUT2D eigenvalue weighted by atomic mass is 10.0. The number of aromatic nitrogens is 2. The van der Waals surface area contributed by atoms with Crippen molar-refractivity contribution >= 4 is 60.3 Å². The summed E-state index contributed by atoms with van der Waals surface area (Å²) in [6.07, 6.45) is -0.137. The Morgan fingerprint density at radius 3 is 2.04 bits per heavy atom. The van der Waals surface area contributed by atoms with Crippen molar-refractivity contribution in [2.24, 2.45) is 0 Å². The van der Waals surface area contributed by atoms with Crippen molar-refractivity contribution in [2.45, 2.75) is 12.8 Å². The van der Waals surface area contributed by atoms with Gasteiger partial charge in [-0.15, -0.1) is 0 Å². The first-order valence-corrected chi connectivity index (χ1v) is 15.4. The second kappa shape index (κ2) is 9.36. The lowest BCUT2D eigenvalue weighted by Crippen LogP contribution is -2.36. The van der Waals surface area contributed by atoms with E-state index in [1.165, 1.54) is 60.4 Å². The highest BCUT2D eigenvalue weighted by Gasteiger charge is 2.26. The fourth-order valence-corrected chi connectivity index (χ4v) is 7.38. The van der Waals surface area contributed by atoms with E-state index in [2.05, 4.69) is 147 Å². The zero-order valence-electron chi connectivity index (χ0n) is 24.4. The fourth-order valence-electron chi connectivity index (χ4n) is 7.38. The Kier molecular flexibility index (Phi) is 5.12. The van der Waals surface area contributed by atoms with Crippen LogP contribution in [0.25, 0.3) is 71.4 Å². The molecule has 0 saturated carbocycles. The van der Waals surface area contributed by atoms with Gasteiger partial charge in [-0.3, -0.25) is 5.32 Å². The minimum atomic E-state index is -0.137. The first kappa shape index (κ1) is 24.6. The largest absolute Gasteiger partial charge is 0.457 e. The Morgan fingerprint density at radius 2 is 1.18 bits per heavy atom. The molecule has 5 nitrogen and oxygen atoms in total. The number of rotatable bonds is 3. The molecular weight excluding hydrogens is 552 g/mol. The Labute approximate surface area is 258 Å². The van der Waals surface area contributed by atoms with Gasteiger partial charge in [-0.1, -0.05) is 84.9 Å². The van der Waals surface area contributed by atoms with Gasteiger partial charge in [-0.05, 0) is 65.7 Å². The average Bonchev–Trinajstić information content (AvgIpc) is 3.75. The van der Waals surface area contributed by atoms with E-state index in [0.717, 1.165) is 22.4 Å². The molecular formula is C40H28N4O. The summed E-state index contributed by atoms with van der Waals surface area (Å²) in [5.41, 5.74) is 10.3. The van der Waals surface area contributed by atoms with Gasteiger partial charge in [0.25, 0.3) is 0 Å². The number of hydrogen-bond acceptors (Lipinski definition) is 3. The van der Waals surface area contributed by atoms with Gasteiger partial charge in [0, 0.05) is 32.6 Å². The summed E-state index contributed by atoms with van der Waals surface area (Å²) in [7, 11) is 0. The van der Waals surface area contributed by atoms with Gasteiger partial charge in [0.15, 0.2) is 6.29 Å². The van der Waals surface area contributed by atoms with Gasteiger partial charge in [0.05, 0.1) is 34.3 Å². The summed E-state index contributed by atoms with van der Waals surface area (Å²) in [5, 5.41) is 13.6. The number of nitrogens with one attached hydrogen (secondary N) is 2. The number of furan rings is 1. The predicted octanol–water partition coefficient (Wildman–Crippen LogP) is 9.98. The molecule has 1 atom stereocenters. The quantitative estimate of drug-likeness (QED) is 0.219. The molecule has 2 N–H and O–H groups in total. The molecule has 4 heterocycles. The van der Waals surface area contributed by atoms with E-state index in [0.29, 0.717) is 6.54 Å². The van der Waals surface area contributed by atoms with E-state index >= 15 is 0 Å². The van der Waals surface area contributed by atoms with Crippen molar-refractivity contribution in [3.8, 4) is 16.8 Å². The van der Waals surface area contributed by atoms with Crippen LogP contribution in [0.1, 0.15) is 12.0 Å². The third kappa shape index (κ3) is 3.59. The summed E-state index contributed by atoms with van der Waals surface area (Å²) in [6.45, 7) is 0.650. The topological polar surface area (TPSA) is 47.1 Å². The van der Waals surface area contributed by atoms with Crippen molar-refractivity contribution in [1.82, 2.24) is 14.5 Å². The molecule has 0 fully saturated rings. The molecule has 10 rings (SSSR count). The van der Waals surface area contributed by atoms with Gasteiger partial charge < -0.3 is 18.9 Å². The zero-order chi connectivity index (χ0) is 29.5. The summed E-state index contributed by atoms with van der Waals surface area (Å²) in [4.78, 5) is 0. The van der Waals surface area contributed by atoms with E-state index in [1.807, 2.05) is 12.1 Å². The molecule has 45 heavy (non-hydrogen) atoms. The van der Waals surface area contributed by atoms with Crippen molar-refractivity contribution in [3.05, 3.63) is 145 Å². The summed E-state index contributed by atoms with van der Waals surface area (Å²) in [5.74, 6) is 0.942. The predicted molar refractivity (Wildman–Crippen MR) is 185 cm³/mol. The van der Waals surface area contributed by atoms with Crippen molar-refractivity contribution in [2.75, 3.05) is 5.32 Å². The van der Waals surface area contributed by atoms with Crippen LogP contribution in [0.15, 0.2) is 144 Å². The highest BCUT2D eigenvalue weighted by molar-refractivity contribution is 6.12. The number of anilines is 1. The van der Waals surface area contributed by atoms with Crippen LogP contribution >= 0.6 is 0 Å². The summed E-state index contributed by atoms with van der Waals surface area (Å²) in [6, 6.07) is 50.0. The number of benzene rings is 6. The molecule has 0 bridgehead atoms. The summed E-state index contributed by atoms with van der Waals surface area (Å²) < 4.78 is 10.9. The molecule has 3 aromatic heterocycles. The average molecular weight is 581 g/mol. The van der Waals surface area contributed by atoms with E-state index in [1.54, 1.807) is 0 Å². The van der Waals surface area contributed by atoms with Crippen molar-refractivity contribution in [3.63, 3.8) is 0 Å². The van der Waals surface area contributed by atoms with E-state index in [4.69, 9.17) is 4.42 Å². The maximum Gasteiger partial charge on any atom is 0.160 e. The molecule has 9 aromatic rings. The molecule has 0 spiro atoms. The number of nitrogens with zero attached hydrogens (tertiary/aromatic N) is 2. The number of hydrogen-bond donors (Lipinski definition) is 2.